The Bertz CT molecular complexity index is 1070. The molecule has 4 aliphatic carbocycles. The van der Waals surface area contributed by atoms with Gasteiger partial charge < -0.3 is 5.32 Å². The maximum absolute atomic E-state index is 13.2. The maximum Gasteiger partial charge on any atom is 0.255 e. The molecule has 1 aliphatic heterocycles. The van der Waals surface area contributed by atoms with Crippen LogP contribution < -0.4 is 10.2 Å². The van der Waals surface area contributed by atoms with Crippen LogP contribution in [0.4, 0.5) is 11.4 Å². The van der Waals surface area contributed by atoms with Gasteiger partial charge in [-0.15, -0.1) is 0 Å². The van der Waals surface area contributed by atoms with Crippen molar-refractivity contribution in [1.82, 2.24) is 0 Å². The van der Waals surface area contributed by atoms with E-state index < -0.39 is 0 Å². The first-order valence-electron chi connectivity index (χ1n) is 10.6. The highest BCUT2D eigenvalue weighted by Crippen LogP contribution is 2.65. The SMILES string of the molecule is Cc1ccc(NC(=O)c2ccc(N3C(=O)[C@@H]4[C@H]5C=C[C@H]([C@H]6C[C@H]56)[C@@H]4C3=O)cc2)cc1. The van der Waals surface area contributed by atoms with Crippen molar-refractivity contribution in [3.8, 4) is 0 Å². The largest absolute Gasteiger partial charge is 0.322 e. The minimum atomic E-state index is -0.222. The van der Waals surface area contributed by atoms with Gasteiger partial charge in [0.15, 0.2) is 0 Å². The number of allylic oxidation sites excluding steroid dienone is 2. The number of nitrogens with one attached hydrogen (secondary N) is 1. The number of hydrogen-bond acceptors (Lipinski definition) is 3. The van der Waals surface area contributed by atoms with Crippen molar-refractivity contribution < 1.29 is 14.4 Å². The third-order valence-corrected chi connectivity index (χ3v) is 7.36. The van der Waals surface area contributed by atoms with Gasteiger partial charge in [0.1, 0.15) is 0 Å². The van der Waals surface area contributed by atoms with Crippen molar-refractivity contribution in [1.29, 1.82) is 0 Å². The maximum atomic E-state index is 13.2. The third-order valence-electron chi connectivity index (χ3n) is 7.36. The van der Waals surface area contributed by atoms with E-state index in [0.29, 0.717) is 23.1 Å². The second-order valence-electron chi connectivity index (χ2n) is 9.03. The molecule has 0 aromatic heterocycles. The van der Waals surface area contributed by atoms with E-state index >= 15 is 0 Å². The Morgan fingerprint density at radius 3 is 2.00 bits per heavy atom. The van der Waals surface area contributed by atoms with Gasteiger partial charge in [-0.2, -0.15) is 0 Å². The van der Waals surface area contributed by atoms with Gasteiger partial charge >= 0.3 is 0 Å². The molecule has 0 spiro atoms. The molecule has 1 N–H and O–H groups in total. The molecule has 3 fully saturated rings. The molecule has 0 unspecified atom stereocenters. The quantitative estimate of drug-likeness (QED) is 0.632. The fraction of sp³-hybridized carbons (Fsp3) is 0.320. The highest BCUT2D eigenvalue weighted by atomic mass is 16.2. The number of nitrogens with zero attached hydrogens (tertiary/aromatic N) is 1. The van der Waals surface area contributed by atoms with Gasteiger partial charge in [0, 0.05) is 11.3 Å². The molecule has 2 aromatic carbocycles. The number of imide groups is 1. The highest BCUT2D eigenvalue weighted by molar-refractivity contribution is 6.22. The van der Waals surface area contributed by atoms with Crippen molar-refractivity contribution in [3.05, 3.63) is 71.8 Å². The van der Waals surface area contributed by atoms with Crippen LogP contribution in [-0.2, 0) is 9.59 Å². The minimum absolute atomic E-state index is 0.0773. The smallest absolute Gasteiger partial charge is 0.255 e. The molecule has 3 amide bonds. The van der Waals surface area contributed by atoms with Gasteiger partial charge in [0.25, 0.3) is 5.91 Å². The summed E-state index contributed by atoms with van der Waals surface area (Å²) < 4.78 is 0. The molecule has 1 heterocycles. The van der Waals surface area contributed by atoms with Crippen LogP contribution >= 0.6 is 0 Å². The Balaban J connectivity index is 1.23. The molecule has 7 rings (SSSR count). The van der Waals surface area contributed by atoms with Crippen molar-refractivity contribution >= 4 is 29.1 Å². The summed E-state index contributed by atoms with van der Waals surface area (Å²) in [5.74, 6) is 0.814. The van der Waals surface area contributed by atoms with Crippen LogP contribution in [-0.4, -0.2) is 17.7 Å². The Morgan fingerprint density at radius 2 is 1.43 bits per heavy atom. The van der Waals surface area contributed by atoms with E-state index in [2.05, 4.69) is 17.5 Å². The summed E-state index contributed by atoms with van der Waals surface area (Å²) in [5, 5.41) is 2.87. The first-order valence-corrected chi connectivity index (χ1v) is 10.6. The van der Waals surface area contributed by atoms with E-state index in [-0.39, 0.29) is 41.4 Å². The Hall–Kier alpha value is -3.21. The van der Waals surface area contributed by atoms with Crippen LogP contribution in [0, 0.1) is 42.4 Å². The number of benzene rings is 2. The first-order chi connectivity index (χ1) is 14.5. The second-order valence-corrected chi connectivity index (χ2v) is 9.03. The summed E-state index contributed by atoms with van der Waals surface area (Å²) in [4.78, 5) is 40.3. The van der Waals surface area contributed by atoms with Crippen LogP contribution in [0.5, 0.6) is 0 Å². The van der Waals surface area contributed by atoms with Gasteiger partial charge in [-0.25, -0.2) is 0 Å². The lowest BCUT2D eigenvalue weighted by atomic mass is 9.63. The number of hydrogen-bond donors (Lipinski definition) is 1. The number of aryl methyl sites for hydroxylation is 1. The molecule has 2 saturated carbocycles. The zero-order chi connectivity index (χ0) is 20.6. The van der Waals surface area contributed by atoms with Gasteiger partial charge in [0.05, 0.1) is 17.5 Å². The molecule has 0 radical (unpaired) electrons. The summed E-state index contributed by atoms with van der Waals surface area (Å²) >= 11 is 0. The van der Waals surface area contributed by atoms with E-state index in [9.17, 15) is 14.4 Å². The molecular weight excluding hydrogens is 376 g/mol. The molecule has 5 aliphatic rings. The lowest BCUT2D eigenvalue weighted by Gasteiger charge is -2.37. The van der Waals surface area contributed by atoms with Crippen LogP contribution in [0.15, 0.2) is 60.7 Å². The van der Waals surface area contributed by atoms with Crippen LogP contribution in [0.25, 0.3) is 0 Å². The zero-order valence-electron chi connectivity index (χ0n) is 16.6. The average molecular weight is 398 g/mol. The van der Waals surface area contributed by atoms with Crippen molar-refractivity contribution in [3.63, 3.8) is 0 Å². The predicted octanol–water partition coefficient (Wildman–Crippen LogP) is 3.80. The van der Waals surface area contributed by atoms with Crippen molar-refractivity contribution in [2.45, 2.75) is 13.3 Å². The normalized spacial score (nSPS) is 32.8. The first kappa shape index (κ1) is 17.6. The average Bonchev–Trinajstić information content (AvgIpc) is 3.53. The number of anilines is 2. The third kappa shape index (κ3) is 2.44. The topological polar surface area (TPSA) is 66.5 Å². The van der Waals surface area contributed by atoms with E-state index in [1.54, 1.807) is 24.3 Å². The zero-order valence-corrected chi connectivity index (χ0v) is 16.6. The van der Waals surface area contributed by atoms with E-state index in [1.807, 2.05) is 31.2 Å². The molecule has 6 atom stereocenters. The predicted molar refractivity (Wildman–Crippen MR) is 113 cm³/mol. The van der Waals surface area contributed by atoms with Crippen LogP contribution in [0.1, 0.15) is 22.3 Å². The number of amides is 3. The lowest BCUT2D eigenvalue weighted by molar-refractivity contribution is -0.124. The summed E-state index contributed by atoms with van der Waals surface area (Å²) in [5.41, 5.74) is 2.89. The van der Waals surface area contributed by atoms with Crippen molar-refractivity contribution in [2.24, 2.45) is 35.5 Å². The van der Waals surface area contributed by atoms with Gasteiger partial charge in [-0.3, -0.25) is 19.3 Å². The molecule has 2 bridgehead atoms. The fourth-order valence-corrected chi connectivity index (χ4v) is 5.81. The minimum Gasteiger partial charge on any atom is -0.322 e. The van der Waals surface area contributed by atoms with Gasteiger partial charge in [0.2, 0.25) is 11.8 Å². The van der Waals surface area contributed by atoms with Crippen LogP contribution in [0.2, 0.25) is 0 Å². The van der Waals surface area contributed by atoms with Crippen molar-refractivity contribution in [2.75, 3.05) is 10.2 Å². The summed E-state index contributed by atoms with van der Waals surface area (Å²) in [6, 6.07) is 14.3. The molecule has 150 valence electrons. The number of carbonyl (C=O) groups is 3. The Labute approximate surface area is 174 Å². The standard InChI is InChI=1S/C25H22N2O3/c1-13-2-6-15(7-3-13)26-23(28)14-4-8-16(9-5-14)27-24(29)21-17-10-11-18(20-12-19(17)20)22(21)25(27)30/h2-11,17-22H,12H2,1H3,(H,26,28)/t17-,18+,19-,20-,21+,22-/m1/s1. The number of carbonyl (C=O) groups excluding carboxylic acids is 3. The lowest BCUT2D eigenvalue weighted by Crippen LogP contribution is -2.40. The Kier molecular flexibility index (Phi) is 3.61. The molecule has 30 heavy (non-hydrogen) atoms. The highest BCUT2D eigenvalue weighted by Gasteiger charge is 2.67. The van der Waals surface area contributed by atoms with Gasteiger partial charge in [-0.1, -0.05) is 29.8 Å². The van der Waals surface area contributed by atoms with Gasteiger partial charge in [-0.05, 0) is 73.4 Å². The molecule has 5 nitrogen and oxygen atoms in total. The second kappa shape index (κ2) is 6.14. The Morgan fingerprint density at radius 1 is 0.867 bits per heavy atom. The molecular formula is C25H22N2O3. The van der Waals surface area contributed by atoms with E-state index in [0.717, 1.165) is 17.7 Å². The molecule has 1 saturated heterocycles. The van der Waals surface area contributed by atoms with Crippen LogP contribution in [0.3, 0.4) is 0 Å². The summed E-state index contributed by atoms with van der Waals surface area (Å²) in [6.07, 6.45) is 5.50. The van der Waals surface area contributed by atoms with E-state index in [4.69, 9.17) is 0 Å². The monoisotopic (exact) mass is 398 g/mol. The molecule has 2 aromatic rings. The van der Waals surface area contributed by atoms with E-state index in [1.165, 1.54) is 4.90 Å². The fourth-order valence-electron chi connectivity index (χ4n) is 5.81. The molecule has 5 heteroatoms. The summed E-state index contributed by atoms with van der Waals surface area (Å²) in [6.45, 7) is 1.99. The number of rotatable bonds is 3. The summed E-state index contributed by atoms with van der Waals surface area (Å²) in [7, 11) is 0.